The fourth-order valence-corrected chi connectivity index (χ4v) is 3.97. The SMILES string of the molecule is COc1ccc2c(C)c(CCC(=O)NC3CCOC(C)(C)C3)c(=O)oc2c1C. The summed E-state index contributed by atoms with van der Waals surface area (Å²) in [6, 6.07) is 3.88. The van der Waals surface area contributed by atoms with Crippen molar-refractivity contribution in [3.8, 4) is 5.75 Å². The van der Waals surface area contributed by atoms with Crippen LogP contribution in [0.2, 0.25) is 0 Å². The molecular formula is C22H29NO5. The zero-order chi connectivity index (χ0) is 20.5. The van der Waals surface area contributed by atoms with Gasteiger partial charge in [0, 0.05) is 35.6 Å². The molecule has 1 N–H and O–H groups in total. The fraction of sp³-hybridized carbons (Fsp3) is 0.545. The van der Waals surface area contributed by atoms with Crippen molar-refractivity contribution in [1.29, 1.82) is 0 Å². The van der Waals surface area contributed by atoms with E-state index >= 15 is 0 Å². The Hall–Kier alpha value is -2.34. The lowest BCUT2D eigenvalue weighted by atomic mass is 9.93. The van der Waals surface area contributed by atoms with Crippen LogP contribution in [0.1, 0.15) is 49.8 Å². The van der Waals surface area contributed by atoms with E-state index in [0.717, 1.165) is 29.4 Å². The van der Waals surface area contributed by atoms with E-state index in [1.165, 1.54) is 0 Å². The summed E-state index contributed by atoms with van der Waals surface area (Å²) in [5.41, 5.74) is 2.15. The van der Waals surface area contributed by atoms with Gasteiger partial charge in [0.2, 0.25) is 5.91 Å². The Morgan fingerprint density at radius 1 is 1.29 bits per heavy atom. The standard InChI is InChI=1S/C22H29NO5/c1-13-16-6-8-18(26-5)14(2)20(16)28-21(25)17(13)7-9-19(24)23-15-10-11-27-22(3,4)12-15/h6,8,15H,7,9-12H2,1-5H3,(H,23,24). The third-order valence-corrected chi connectivity index (χ3v) is 5.54. The van der Waals surface area contributed by atoms with Crippen LogP contribution < -0.4 is 15.7 Å². The molecule has 1 unspecified atom stereocenters. The number of amides is 1. The van der Waals surface area contributed by atoms with Crippen LogP contribution in [0, 0.1) is 13.8 Å². The normalized spacial score (nSPS) is 18.8. The quantitative estimate of drug-likeness (QED) is 0.796. The summed E-state index contributed by atoms with van der Waals surface area (Å²) in [4.78, 5) is 25.0. The first-order valence-corrected chi connectivity index (χ1v) is 9.75. The van der Waals surface area contributed by atoms with Gasteiger partial charge < -0.3 is 19.2 Å². The summed E-state index contributed by atoms with van der Waals surface area (Å²) in [6.07, 6.45) is 2.21. The van der Waals surface area contributed by atoms with Crippen molar-refractivity contribution in [2.45, 2.75) is 65.0 Å². The summed E-state index contributed by atoms with van der Waals surface area (Å²) in [6.45, 7) is 8.48. The van der Waals surface area contributed by atoms with Gasteiger partial charge >= 0.3 is 5.63 Å². The van der Waals surface area contributed by atoms with Gasteiger partial charge in [-0.3, -0.25) is 4.79 Å². The summed E-state index contributed by atoms with van der Waals surface area (Å²) < 4.78 is 16.6. The minimum Gasteiger partial charge on any atom is -0.496 e. The molecule has 1 aliphatic rings. The highest BCUT2D eigenvalue weighted by Gasteiger charge is 2.29. The van der Waals surface area contributed by atoms with Gasteiger partial charge in [0.05, 0.1) is 12.7 Å². The highest BCUT2D eigenvalue weighted by molar-refractivity contribution is 5.85. The Kier molecular flexibility index (Phi) is 5.79. The smallest absolute Gasteiger partial charge is 0.339 e. The summed E-state index contributed by atoms with van der Waals surface area (Å²) in [5, 5.41) is 3.95. The summed E-state index contributed by atoms with van der Waals surface area (Å²) in [5.74, 6) is 0.633. The van der Waals surface area contributed by atoms with Crippen LogP contribution in [-0.2, 0) is 16.0 Å². The van der Waals surface area contributed by atoms with Crippen LogP contribution in [0.4, 0.5) is 0 Å². The Bertz CT molecular complexity index is 944. The Labute approximate surface area is 165 Å². The fourth-order valence-electron chi connectivity index (χ4n) is 3.97. The van der Waals surface area contributed by atoms with Crippen molar-refractivity contribution in [2.75, 3.05) is 13.7 Å². The van der Waals surface area contributed by atoms with Gasteiger partial charge in [-0.2, -0.15) is 0 Å². The van der Waals surface area contributed by atoms with E-state index in [-0.39, 0.29) is 29.6 Å². The molecule has 0 saturated carbocycles. The molecule has 1 aromatic carbocycles. The zero-order valence-corrected chi connectivity index (χ0v) is 17.3. The van der Waals surface area contributed by atoms with Gasteiger partial charge in [-0.15, -0.1) is 0 Å². The van der Waals surface area contributed by atoms with Crippen molar-refractivity contribution in [1.82, 2.24) is 5.32 Å². The van der Waals surface area contributed by atoms with Gasteiger partial charge in [-0.25, -0.2) is 4.79 Å². The minimum absolute atomic E-state index is 0.0486. The second-order valence-electron chi connectivity index (χ2n) is 8.13. The van der Waals surface area contributed by atoms with E-state index < -0.39 is 0 Å². The molecule has 1 saturated heterocycles. The first-order chi connectivity index (χ1) is 13.2. The minimum atomic E-state index is -0.388. The average molecular weight is 387 g/mol. The zero-order valence-electron chi connectivity index (χ0n) is 17.3. The molecule has 1 amide bonds. The number of benzene rings is 1. The molecule has 1 aliphatic heterocycles. The van der Waals surface area contributed by atoms with Crippen molar-refractivity contribution in [3.63, 3.8) is 0 Å². The van der Waals surface area contributed by atoms with Crippen LogP contribution in [-0.4, -0.2) is 31.3 Å². The molecule has 2 aromatic rings. The Morgan fingerprint density at radius 2 is 2.04 bits per heavy atom. The number of hydrogen-bond acceptors (Lipinski definition) is 5. The van der Waals surface area contributed by atoms with Crippen LogP contribution in [0.15, 0.2) is 21.3 Å². The van der Waals surface area contributed by atoms with Crippen LogP contribution in [0.25, 0.3) is 11.0 Å². The molecule has 1 atom stereocenters. The highest BCUT2D eigenvalue weighted by Crippen LogP contribution is 2.29. The maximum atomic E-state index is 12.5. The number of aryl methyl sites for hydroxylation is 2. The molecule has 28 heavy (non-hydrogen) atoms. The lowest BCUT2D eigenvalue weighted by molar-refractivity contribution is -0.124. The molecule has 0 bridgehead atoms. The molecule has 0 radical (unpaired) electrons. The first-order valence-electron chi connectivity index (χ1n) is 9.75. The van der Waals surface area contributed by atoms with Gasteiger partial charge in [0.1, 0.15) is 11.3 Å². The predicted molar refractivity (Wildman–Crippen MR) is 108 cm³/mol. The number of carbonyl (C=O) groups excluding carboxylic acids is 1. The van der Waals surface area contributed by atoms with Crippen molar-refractivity contribution in [3.05, 3.63) is 39.2 Å². The van der Waals surface area contributed by atoms with E-state index in [9.17, 15) is 9.59 Å². The second kappa shape index (κ2) is 7.95. The van der Waals surface area contributed by atoms with Gasteiger partial charge in [-0.1, -0.05) is 0 Å². The van der Waals surface area contributed by atoms with Crippen LogP contribution >= 0.6 is 0 Å². The molecule has 2 heterocycles. The largest absolute Gasteiger partial charge is 0.496 e. The van der Waals surface area contributed by atoms with Gasteiger partial charge in [-0.05, 0) is 64.7 Å². The van der Waals surface area contributed by atoms with Crippen LogP contribution in [0.3, 0.4) is 0 Å². The van der Waals surface area contributed by atoms with Gasteiger partial charge in [0.15, 0.2) is 0 Å². The summed E-state index contributed by atoms with van der Waals surface area (Å²) >= 11 is 0. The molecular weight excluding hydrogens is 358 g/mol. The van der Waals surface area contributed by atoms with Gasteiger partial charge in [0.25, 0.3) is 0 Å². The number of fused-ring (bicyclic) bond motifs is 1. The van der Waals surface area contributed by atoms with Crippen LogP contribution in [0.5, 0.6) is 5.75 Å². The third-order valence-electron chi connectivity index (χ3n) is 5.54. The molecule has 6 heteroatoms. The number of methoxy groups -OCH3 is 1. The second-order valence-corrected chi connectivity index (χ2v) is 8.13. The first kappa shape index (κ1) is 20.4. The monoisotopic (exact) mass is 387 g/mol. The summed E-state index contributed by atoms with van der Waals surface area (Å²) in [7, 11) is 1.59. The average Bonchev–Trinajstić information content (AvgIpc) is 2.61. The van der Waals surface area contributed by atoms with E-state index in [2.05, 4.69) is 5.32 Å². The van der Waals surface area contributed by atoms with Crippen molar-refractivity contribution >= 4 is 16.9 Å². The molecule has 152 valence electrons. The number of nitrogens with one attached hydrogen (secondary N) is 1. The molecule has 1 fully saturated rings. The molecule has 6 nitrogen and oxygen atoms in total. The lowest BCUT2D eigenvalue weighted by Gasteiger charge is -2.35. The maximum Gasteiger partial charge on any atom is 0.339 e. The number of rotatable bonds is 5. The van der Waals surface area contributed by atoms with E-state index in [4.69, 9.17) is 13.9 Å². The molecule has 1 aromatic heterocycles. The molecule has 3 rings (SSSR count). The van der Waals surface area contributed by atoms with E-state index in [1.807, 2.05) is 39.8 Å². The topological polar surface area (TPSA) is 77.8 Å². The molecule has 0 aliphatic carbocycles. The number of hydrogen-bond donors (Lipinski definition) is 1. The van der Waals surface area contributed by atoms with Crippen molar-refractivity contribution in [2.24, 2.45) is 0 Å². The Morgan fingerprint density at radius 3 is 2.71 bits per heavy atom. The predicted octanol–water partition coefficient (Wildman–Crippen LogP) is 3.42. The van der Waals surface area contributed by atoms with E-state index in [0.29, 0.717) is 29.9 Å². The molecule has 0 spiro atoms. The highest BCUT2D eigenvalue weighted by atomic mass is 16.5. The third kappa shape index (κ3) is 4.22. The number of ether oxygens (including phenoxy) is 2. The Balaban J connectivity index is 1.74. The number of carbonyl (C=O) groups is 1. The van der Waals surface area contributed by atoms with Crippen molar-refractivity contribution < 1.29 is 18.7 Å². The lowest BCUT2D eigenvalue weighted by Crippen LogP contribution is -2.45. The maximum absolute atomic E-state index is 12.5. The van der Waals surface area contributed by atoms with E-state index in [1.54, 1.807) is 7.11 Å².